The van der Waals surface area contributed by atoms with Crippen LogP contribution in [0.4, 0.5) is 11.5 Å². The number of halogens is 1. The average molecular weight is 349 g/mol. The van der Waals surface area contributed by atoms with E-state index in [1.54, 1.807) is 12.3 Å². The molecule has 21 heavy (non-hydrogen) atoms. The number of anilines is 2. The number of hydrogen-bond donors (Lipinski definition) is 3. The summed E-state index contributed by atoms with van der Waals surface area (Å²) in [4.78, 5) is 16.6. The number of benzene rings is 1. The molecule has 5 nitrogen and oxygen atoms in total. The maximum absolute atomic E-state index is 12.5. The fourth-order valence-corrected chi connectivity index (χ4v) is 2.44. The van der Waals surface area contributed by atoms with Gasteiger partial charge in [0.15, 0.2) is 5.82 Å². The van der Waals surface area contributed by atoms with Gasteiger partial charge in [-0.1, -0.05) is 25.1 Å². The van der Waals surface area contributed by atoms with Gasteiger partial charge >= 0.3 is 0 Å². The van der Waals surface area contributed by atoms with E-state index < -0.39 is 0 Å². The first-order valence-corrected chi connectivity index (χ1v) is 7.38. The number of aryl methyl sites for hydroxylation is 2. The number of rotatable bonds is 4. The molecule has 2 rings (SSSR count). The lowest BCUT2D eigenvalue weighted by Gasteiger charge is -2.14. The van der Waals surface area contributed by atoms with Crippen LogP contribution in [0.15, 0.2) is 34.9 Å². The van der Waals surface area contributed by atoms with Crippen molar-refractivity contribution in [2.45, 2.75) is 20.3 Å². The predicted molar refractivity (Wildman–Crippen MR) is 88.3 cm³/mol. The standard InChI is InChI=1S/C15H17BrN4O/c1-3-10-6-4-5-9(2)13(10)19-15(21)12-7-11(16)8-18-14(12)20-17/h4-8H,3,17H2,1-2H3,(H,18,20)(H,19,21). The van der Waals surface area contributed by atoms with Gasteiger partial charge in [0.1, 0.15) is 0 Å². The fourth-order valence-electron chi connectivity index (χ4n) is 2.11. The molecule has 0 spiro atoms. The lowest BCUT2D eigenvalue weighted by Crippen LogP contribution is -2.19. The Kier molecular flexibility index (Phi) is 4.93. The van der Waals surface area contributed by atoms with Crippen molar-refractivity contribution in [2.75, 3.05) is 10.7 Å². The monoisotopic (exact) mass is 348 g/mol. The third kappa shape index (κ3) is 3.40. The second kappa shape index (κ2) is 6.69. The Morgan fingerprint density at radius 1 is 1.43 bits per heavy atom. The number of para-hydroxylation sites is 1. The summed E-state index contributed by atoms with van der Waals surface area (Å²) in [6.45, 7) is 4.02. The molecule has 0 saturated heterocycles. The summed E-state index contributed by atoms with van der Waals surface area (Å²) in [7, 11) is 0. The van der Waals surface area contributed by atoms with Crippen LogP contribution in [0.5, 0.6) is 0 Å². The van der Waals surface area contributed by atoms with Gasteiger partial charge in [-0.2, -0.15) is 0 Å². The highest BCUT2D eigenvalue weighted by Gasteiger charge is 2.15. The van der Waals surface area contributed by atoms with Crippen LogP contribution < -0.4 is 16.6 Å². The number of hydrazine groups is 1. The molecule has 0 bridgehead atoms. The van der Waals surface area contributed by atoms with Crippen LogP contribution in [0.2, 0.25) is 0 Å². The molecule has 6 heteroatoms. The SMILES string of the molecule is CCc1cccc(C)c1NC(=O)c1cc(Br)cnc1NN. The van der Waals surface area contributed by atoms with Gasteiger partial charge in [0.2, 0.25) is 0 Å². The van der Waals surface area contributed by atoms with E-state index in [2.05, 4.69) is 38.6 Å². The van der Waals surface area contributed by atoms with E-state index in [4.69, 9.17) is 5.84 Å². The largest absolute Gasteiger partial charge is 0.321 e. The Balaban J connectivity index is 2.37. The van der Waals surface area contributed by atoms with E-state index in [9.17, 15) is 4.79 Å². The van der Waals surface area contributed by atoms with E-state index >= 15 is 0 Å². The van der Waals surface area contributed by atoms with E-state index in [-0.39, 0.29) is 5.91 Å². The van der Waals surface area contributed by atoms with Crippen molar-refractivity contribution in [3.8, 4) is 0 Å². The summed E-state index contributed by atoms with van der Waals surface area (Å²) in [5.41, 5.74) is 5.78. The van der Waals surface area contributed by atoms with Crippen LogP contribution in [0.3, 0.4) is 0 Å². The molecule has 0 aliphatic carbocycles. The normalized spacial score (nSPS) is 10.3. The zero-order valence-corrected chi connectivity index (χ0v) is 13.5. The van der Waals surface area contributed by atoms with Crippen molar-refractivity contribution in [3.05, 3.63) is 51.6 Å². The number of nitrogens with one attached hydrogen (secondary N) is 2. The minimum Gasteiger partial charge on any atom is -0.321 e. The third-order valence-electron chi connectivity index (χ3n) is 3.21. The topological polar surface area (TPSA) is 80.0 Å². The molecular weight excluding hydrogens is 332 g/mol. The average Bonchev–Trinajstić information content (AvgIpc) is 2.49. The van der Waals surface area contributed by atoms with Crippen LogP contribution in [-0.2, 0) is 6.42 Å². The van der Waals surface area contributed by atoms with E-state index in [0.717, 1.165) is 23.2 Å². The second-order valence-corrected chi connectivity index (χ2v) is 5.53. The fraction of sp³-hybridized carbons (Fsp3) is 0.200. The molecular formula is C15H17BrN4O. The van der Waals surface area contributed by atoms with Crippen LogP contribution in [-0.4, -0.2) is 10.9 Å². The maximum Gasteiger partial charge on any atom is 0.259 e. The van der Waals surface area contributed by atoms with Crippen LogP contribution in [0.25, 0.3) is 0 Å². The maximum atomic E-state index is 12.5. The number of carbonyl (C=O) groups is 1. The molecule has 0 saturated carbocycles. The summed E-state index contributed by atoms with van der Waals surface area (Å²) in [5, 5.41) is 2.95. The molecule has 1 heterocycles. The van der Waals surface area contributed by atoms with Crippen molar-refractivity contribution in [2.24, 2.45) is 5.84 Å². The van der Waals surface area contributed by atoms with E-state index in [1.807, 2.05) is 25.1 Å². The number of carbonyl (C=O) groups excluding carboxylic acids is 1. The van der Waals surface area contributed by atoms with E-state index in [1.165, 1.54) is 0 Å². The number of nitrogens with two attached hydrogens (primary N) is 1. The first kappa shape index (κ1) is 15.5. The lowest BCUT2D eigenvalue weighted by atomic mass is 10.1. The first-order valence-electron chi connectivity index (χ1n) is 6.58. The van der Waals surface area contributed by atoms with Crippen molar-refractivity contribution < 1.29 is 4.79 Å². The molecule has 0 aliphatic rings. The quantitative estimate of drug-likeness (QED) is 0.585. The first-order chi connectivity index (χ1) is 10.1. The number of pyridine rings is 1. The second-order valence-electron chi connectivity index (χ2n) is 4.61. The lowest BCUT2D eigenvalue weighted by molar-refractivity contribution is 0.102. The highest BCUT2D eigenvalue weighted by molar-refractivity contribution is 9.10. The molecule has 2 aromatic rings. The molecule has 0 unspecified atom stereocenters. The van der Waals surface area contributed by atoms with Crippen molar-refractivity contribution >= 4 is 33.3 Å². The van der Waals surface area contributed by atoms with Crippen molar-refractivity contribution in [3.63, 3.8) is 0 Å². The highest BCUT2D eigenvalue weighted by Crippen LogP contribution is 2.24. The van der Waals surface area contributed by atoms with Crippen molar-refractivity contribution in [1.29, 1.82) is 0 Å². The third-order valence-corrected chi connectivity index (χ3v) is 3.65. The molecule has 1 amide bonds. The van der Waals surface area contributed by atoms with Gasteiger partial charge in [-0.05, 0) is 46.5 Å². The summed E-state index contributed by atoms with van der Waals surface area (Å²) in [5.74, 6) is 5.50. The molecule has 1 aromatic carbocycles. The van der Waals surface area contributed by atoms with E-state index in [0.29, 0.717) is 15.9 Å². The Morgan fingerprint density at radius 3 is 2.86 bits per heavy atom. The van der Waals surface area contributed by atoms with Crippen LogP contribution >= 0.6 is 15.9 Å². The van der Waals surface area contributed by atoms with Gasteiger partial charge in [0.05, 0.1) is 5.56 Å². The smallest absolute Gasteiger partial charge is 0.259 e. The Labute approximate surface area is 132 Å². The van der Waals surface area contributed by atoms with Gasteiger partial charge < -0.3 is 10.7 Å². The molecule has 110 valence electrons. The zero-order chi connectivity index (χ0) is 15.4. The number of amides is 1. The number of nitrogens with zero attached hydrogens (tertiary/aromatic N) is 1. The van der Waals surface area contributed by atoms with Gasteiger partial charge in [-0.25, -0.2) is 10.8 Å². The number of nitrogen functional groups attached to an aromatic ring is 1. The Morgan fingerprint density at radius 2 is 2.19 bits per heavy atom. The summed E-state index contributed by atoms with van der Waals surface area (Å²) < 4.78 is 0.715. The summed E-state index contributed by atoms with van der Waals surface area (Å²) >= 11 is 3.31. The van der Waals surface area contributed by atoms with Crippen LogP contribution in [0, 0.1) is 6.92 Å². The van der Waals surface area contributed by atoms with Gasteiger partial charge in [-0.3, -0.25) is 4.79 Å². The molecule has 0 radical (unpaired) electrons. The summed E-state index contributed by atoms with van der Waals surface area (Å²) in [6.07, 6.45) is 2.42. The van der Waals surface area contributed by atoms with Gasteiger partial charge in [-0.15, -0.1) is 0 Å². The molecule has 1 aromatic heterocycles. The van der Waals surface area contributed by atoms with Gasteiger partial charge in [0, 0.05) is 16.4 Å². The molecule has 0 fully saturated rings. The zero-order valence-electron chi connectivity index (χ0n) is 11.9. The van der Waals surface area contributed by atoms with Crippen molar-refractivity contribution in [1.82, 2.24) is 4.98 Å². The minimum atomic E-state index is -0.249. The predicted octanol–water partition coefficient (Wildman–Crippen LogP) is 3.25. The minimum absolute atomic E-state index is 0.249. The number of hydrogen-bond acceptors (Lipinski definition) is 4. The van der Waals surface area contributed by atoms with Gasteiger partial charge in [0.25, 0.3) is 5.91 Å². The molecule has 0 aliphatic heterocycles. The summed E-state index contributed by atoms with van der Waals surface area (Å²) in [6, 6.07) is 7.64. The molecule has 4 N–H and O–H groups in total. The number of aromatic nitrogens is 1. The molecule has 0 atom stereocenters. The Hall–Kier alpha value is -1.92. The highest BCUT2D eigenvalue weighted by atomic mass is 79.9. The van der Waals surface area contributed by atoms with Crippen LogP contribution in [0.1, 0.15) is 28.4 Å². The Bertz CT molecular complexity index is 673.